The third-order valence-electron chi connectivity index (χ3n) is 6.13. The van der Waals surface area contributed by atoms with Gasteiger partial charge in [0, 0.05) is 17.2 Å². The number of hydrogen-bond donors (Lipinski definition) is 3. The first-order valence-electron chi connectivity index (χ1n) is 8.98. The Morgan fingerprint density at radius 1 is 1.17 bits per heavy atom. The van der Waals surface area contributed by atoms with E-state index in [1.165, 1.54) is 19.3 Å². The monoisotopic (exact) mass is 327 g/mol. The molecular weight excluding hydrogens is 302 g/mol. The van der Waals surface area contributed by atoms with E-state index in [4.69, 9.17) is 0 Å². The second kappa shape index (κ2) is 5.92. The number of carbonyl (C=O) groups is 1. The van der Waals surface area contributed by atoms with Crippen LogP contribution in [0.4, 0.5) is 0 Å². The predicted molar refractivity (Wildman–Crippen MR) is 92.1 cm³/mol. The summed E-state index contributed by atoms with van der Waals surface area (Å²) in [5.74, 6) is 2.47. The fourth-order valence-electron chi connectivity index (χ4n) is 5.57. The normalized spacial score (nSPS) is 34.0. The van der Waals surface area contributed by atoms with Crippen LogP contribution in [0.2, 0.25) is 0 Å². The lowest BCUT2D eigenvalue weighted by molar-refractivity contribution is -0.122. The standard InChI is InChI=1S/C20H25NO3/c22-12-17-8-13(1-3-18(17)23)2-4-19(24)21-20-9-14-5-15(10-20)7-16(6-14)11-20/h1-4,8,14-16,22-23H,5-7,9-12H2,(H,21,24)/b4-2+. The molecule has 1 amide bonds. The predicted octanol–water partition coefficient (Wildman–Crippen LogP) is 2.98. The third-order valence-corrected chi connectivity index (χ3v) is 6.13. The number of aliphatic hydroxyl groups is 1. The van der Waals surface area contributed by atoms with Crippen LogP contribution in [0.25, 0.3) is 6.08 Å². The van der Waals surface area contributed by atoms with Crippen LogP contribution < -0.4 is 5.32 Å². The van der Waals surface area contributed by atoms with E-state index in [1.54, 1.807) is 30.4 Å². The van der Waals surface area contributed by atoms with Crippen molar-refractivity contribution in [1.29, 1.82) is 0 Å². The average Bonchev–Trinajstić information content (AvgIpc) is 2.52. The van der Waals surface area contributed by atoms with Crippen LogP contribution in [0, 0.1) is 17.8 Å². The Labute approximate surface area is 142 Å². The molecule has 0 aliphatic heterocycles. The maximum atomic E-state index is 12.4. The number of phenols is 1. The molecule has 4 nitrogen and oxygen atoms in total. The molecule has 0 saturated heterocycles. The first-order chi connectivity index (χ1) is 11.5. The van der Waals surface area contributed by atoms with Gasteiger partial charge in [0.1, 0.15) is 5.75 Å². The molecule has 5 rings (SSSR count). The van der Waals surface area contributed by atoms with Crippen molar-refractivity contribution in [3.05, 3.63) is 35.4 Å². The van der Waals surface area contributed by atoms with Crippen molar-refractivity contribution in [2.75, 3.05) is 0 Å². The Kier molecular flexibility index (Phi) is 3.87. The van der Waals surface area contributed by atoms with Crippen LogP contribution in [-0.4, -0.2) is 21.7 Å². The first kappa shape index (κ1) is 15.7. The van der Waals surface area contributed by atoms with Crippen LogP contribution >= 0.6 is 0 Å². The Hall–Kier alpha value is -1.81. The summed E-state index contributed by atoms with van der Waals surface area (Å²) in [7, 11) is 0. The molecular formula is C20H25NO3. The summed E-state index contributed by atoms with van der Waals surface area (Å²) in [6.07, 6.45) is 10.8. The van der Waals surface area contributed by atoms with Gasteiger partial charge in [0.05, 0.1) is 6.61 Å². The summed E-state index contributed by atoms with van der Waals surface area (Å²) >= 11 is 0. The van der Waals surface area contributed by atoms with Crippen molar-refractivity contribution >= 4 is 12.0 Å². The Bertz CT molecular complexity index is 644. The van der Waals surface area contributed by atoms with Gasteiger partial charge in [0.15, 0.2) is 0 Å². The topological polar surface area (TPSA) is 69.6 Å². The maximum absolute atomic E-state index is 12.4. The number of amides is 1. The molecule has 3 N–H and O–H groups in total. The summed E-state index contributed by atoms with van der Waals surface area (Å²) in [5.41, 5.74) is 1.30. The van der Waals surface area contributed by atoms with E-state index >= 15 is 0 Å². The van der Waals surface area contributed by atoms with Gasteiger partial charge in [-0.2, -0.15) is 0 Å². The fourth-order valence-corrected chi connectivity index (χ4v) is 5.57. The van der Waals surface area contributed by atoms with Gasteiger partial charge >= 0.3 is 0 Å². The largest absolute Gasteiger partial charge is 0.508 e. The van der Waals surface area contributed by atoms with E-state index in [1.807, 2.05) is 0 Å². The quantitative estimate of drug-likeness (QED) is 0.745. The summed E-state index contributed by atoms with van der Waals surface area (Å²) in [5, 5.41) is 22.1. The van der Waals surface area contributed by atoms with Crippen LogP contribution in [0.1, 0.15) is 49.7 Å². The van der Waals surface area contributed by atoms with Gasteiger partial charge in [-0.05, 0) is 80.1 Å². The highest BCUT2D eigenvalue weighted by Crippen LogP contribution is 2.55. The molecule has 4 bridgehead atoms. The van der Waals surface area contributed by atoms with Crippen molar-refractivity contribution < 1.29 is 15.0 Å². The van der Waals surface area contributed by atoms with E-state index in [9.17, 15) is 15.0 Å². The van der Waals surface area contributed by atoms with E-state index in [0.717, 1.165) is 42.6 Å². The highest BCUT2D eigenvalue weighted by atomic mass is 16.3. The first-order valence-corrected chi connectivity index (χ1v) is 8.98. The average molecular weight is 327 g/mol. The minimum absolute atomic E-state index is 0.0292. The maximum Gasteiger partial charge on any atom is 0.244 e. The zero-order valence-corrected chi connectivity index (χ0v) is 13.9. The van der Waals surface area contributed by atoms with Crippen LogP contribution in [-0.2, 0) is 11.4 Å². The summed E-state index contributed by atoms with van der Waals surface area (Å²) < 4.78 is 0. The van der Waals surface area contributed by atoms with Gasteiger partial charge in [-0.3, -0.25) is 4.79 Å². The minimum Gasteiger partial charge on any atom is -0.508 e. The molecule has 4 aliphatic rings. The Morgan fingerprint density at radius 2 is 1.79 bits per heavy atom. The van der Waals surface area contributed by atoms with Gasteiger partial charge in [-0.25, -0.2) is 0 Å². The van der Waals surface area contributed by atoms with Crippen LogP contribution in [0.3, 0.4) is 0 Å². The van der Waals surface area contributed by atoms with E-state index < -0.39 is 0 Å². The second-order valence-corrected chi connectivity index (χ2v) is 8.07. The molecule has 0 heterocycles. The second-order valence-electron chi connectivity index (χ2n) is 8.07. The molecule has 0 spiro atoms. The highest BCUT2D eigenvalue weighted by molar-refractivity contribution is 5.92. The van der Waals surface area contributed by atoms with Gasteiger partial charge < -0.3 is 15.5 Å². The summed E-state index contributed by atoms with van der Waals surface area (Å²) in [6, 6.07) is 4.98. The highest BCUT2D eigenvalue weighted by Gasteiger charge is 2.51. The molecule has 0 radical (unpaired) electrons. The number of aromatic hydroxyl groups is 1. The molecule has 1 aromatic carbocycles. The van der Waals surface area contributed by atoms with Gasteiger partial charge in [0.2, 0.25) is 5.91 Å². The third kappa shape index (κ3) is 2.95. The van der Waals surface area contributed by atoms with E-state index in [0.29, 0.717) is 5.56 Å². The van der Waals surface area contributed by atoms with Crippen molar-refractivity contribution in [2.24, 2.45) is 17.8 Å². The van der Waals surface area contributed by atoms with Gasteiger partial charge in [-0.15, -0.1) is 0 Å². The van der Waals surface area contributed by atoms with Gasteiger partial charge in [-0.1, -0.05) is 6.07 Å². The van der Waals surface area contributed by atoms with Crippen molar-refractivity contribution in [1.82, 2.24) is 5.32 Å². The molecule has 1 aromatic rings. The number of aliphatic hydroxyl groups excluding tert-OH is 1. The molecule has 4 fully saturated rings. The lowest BCUT2D eigenvalue weighted by atomic mass is 9.53. The smallest absolute Gasteiger partial charge is 0.244 e. The molecule has 4 saturated carbocycles. The SMILES string of the molecule is O=C(/C=C/c1ccc(O)c(CO)c1)NC12CC3CC(CC(C3)C1)C2. The lowest BCUT2D eigenvalue weighted by Gasteiger charge is -2.56. The molecule has 24 heavy (non-hydrogen) atoms. The van der Waals surface area contributed by atoms with Crippen LogP contribution in [0.5, 0.6) is 5.75 Å². The van der Waals surface area contributed by atoms with Crippen molar-refractivity contribution in [3.63, 3.8) is 0 Å². The molecule has 0 atom stereocenters. The van der Waals surface area contributed by atoms with Crippen LogP contribution in [0.15, 0.2) is 24.3 Å². The van der Waals surface area contributed by atoms with Crippen molar-refractivity contribution in [3.8, 4) is 5.75 Å². The molecule has 0 aromatic heterocycles. The van der Waals surface area contributed by atoms with E-state index in [2.05, 4.69) is 5.32 Å². The van der Waals surface area contributed by atoms with E-state index in [-0.39, 0.29) is 23.8 Å². The number of hydrogen-bond acceptors (Lipinski definition) is 3. The molecule has 4 aliphatic carbocycles. The lowest BCUT2D eigenvalue weighted by Crippen LogP contribution is -2.59. The zero-order chi connectivity index (χ0) is 16.7. The fraction of sp³-hybridized carbons (Fsp3) is 0.550. The van der Waals surface area contributed by atoms with Crippen molar-refractivity contribution in [2.45, 2.75) is 50.7 Å². The minimum atomic E-state index is -0.215. The summed E-state index contributed by atoms with van der Waals surface area (Å²) in [4.78, 5) is 12.4. The Balaban J connectivity index is 1.43. The Morgan fingerprint density at radius 3 is 2.38 bits per heavy atom. The number of carbonyl (C=O) groups excluding carboxylic acids is 1. The molecule has 4 heteroatoms. The zero-order valence-electron chi connectivity index (χ0n) is 13.9. The molecule has 0 unspecified atom stereocenters. The molecule has 128 valence electrons. The van der Waals surface area contributed by atoms with Gasteiger partial charge in [0.25, 0.3) is 0 Å². The number of rotatable bonds is 4. The number of benzene rings is 1. The summed E-state index contributed by atoms with van der Waals surface area (Å²) in [6.45, 7) is -0.215. The number of nitrogens with one attached hydrogen (secondary N) is 1.